The van der Waals surface area contributed by atoms with Crippen LogP contribution in [0.25, 0.3) is 11.0 Å². The number of hydrogen-bond donors (Lipinski definition) is 1. The average molecular weight is 207 g/mol. The van der Waals surface area contributed by atoms with Crippen LogP contribution in [0.1, 0.15) is 18.8 Å². The van der Waals surface area contributed by atoms with Crippen molar-refractivity contribution in [2.75, 3.05) is 0 Å². The Morgan fingerprint density at radius 2 is 2.20 bits per heavy atom. The fraction of sp³-hybridized carbons (Fsp3) is 0.200. The first-order chi connectivity index (χ1) is 7.08. The van der Waals surface area contributed by atoms with Crippen molar-refractivity contribution >= 4 is 16.7 Å². The Balaban J connectivity index is 2.57. The summed E-state index contributed by atoms with van der Waals surface area (Å²) >= 11 is 0. The second-order valence-corrected chi connectivity index (χ2v) is 3.30. The molecule has 1 atom stereocenters. The van der Waals surface area contributed by atoms with Crippen molar-refractivity contribution in [2.24, 2.45) is 0 Å². The van der Waals surface area contributed by atoms with Crippen molar-refractivity contribution in [1.29, 1.82) is 0 Å². The summed E-state index contributed by atoms with van der Waals surface area (Å²) in [5, 5.41) is 20.4. The molecule has 0 amide bonds. The molecule has 1 aromatic carbocycles. The third kappa shape index (κ3) is 1.69. The van der Waals surface area contributed by atoms with Gasteiger partial charge >= 0.3 is 0 Å². The van der Waals surface area contributed by atoms with Crippen molar-refractivity contribution in [3.8, 4) is 0 Å². The zero-order valence-electron chi connectivity index (χ0n) is 8.01. The van der Waals surface area contributed by atoms with Crippen LogP contribution in [0, 0.1) is 10.1 Å². The minimum atomic E-state index is -0.712. The lowest BCUT2D eigenvalue weighted by atomic mass is 10.2. The Morgan fingerprint density at radius 3 is 2.80 bits per heavy atom. The second-order valence-electron chi connectivity index (χ2n) is 3.30. The lowest BCUT2D eigenvalue weighted by Crippen LogP contribution is -1.85. The van der Waals surface area contributed by atoms with Gasteiger partial charge in [-0.15, -0.1) is 0 Å². The Bertz CT molecular complexity index is 515. The van der Waals surface area contributed by atoms with Gasteiger partial charge in [0.25, 0.3) is 5.69 Å². The topological polar surface area (TPSA) is 76.5 Å². The molecule has 2 rings (SSSR count). The standard InChI is InChI=1S/C10H9NO4/c1-6(12)10-5-7-4-8(11(13)14)2-3-9(7)15-10/h2-6,12H,1H3. The minimum absolute atomic E-state index is 0.0143. The molecule has 1 N–H and O–H groups in total. The lowest BCUT2D eigenvalue weighted by Gasteiger charge is -1.95. The van der Waals surface area contributed by atoms with E-state index in [-0.39, 0.29) is 5.69 Å². The molecule has 0 spiro atoms. The number of nitrogens with zero attached hydrogens (tertiary/aromatic N) is 1. The largest absolute Gasteiger partial charge is 0.458 e. The van der Waals surface area contributed by atoms with E-state index in [1.165, 1.54) is 18.2 Å². The van der Waals surface area contributed by atoms with E-state index in [2.05, 4.69) is 0 Å². The molecule has 5 heteroatoms. The van der Waals surface area contributed by atoms with Crippen molar-refractivity contribution in [2.45, 2.75) is 13.0 Å². The van der Waals surface area contributed by atoms with Crippen LogP contribution in [0.5, 0.6) is 0 Å². The Kier molecular flexibility index (Phi) is 2.17. The number of aliphatic hydroxyl groups excluding tert-OH is 1. The predicted octanol–water partition coefficient (Wildman–Crippen LogP) is 2.39. The van der Waals surface area contributed by atoms with E-state index in [0.29, 0.717) is 16.7 Å². The molecule has 15 heavy (non-hydrogen) atoms. The quantitative estimate of drug-likeness (QED) is 0.605. The van der Waals surface area contributed by atoms with Gasteiger partial charge in [-0.2, -0.15) is 0 Å². The van der Waals surface area contributed by atoms with Gasteiger partial charge in [-0.25, -0.2) is 0 Å². The minimum Gasteiger partial charge on any atom is -0.458 e. The molecule has 1 unspecified atom stereocenters. The Hall–Kier alpha value is -1.88. The van der Waals surface area contributed by atoms with Crippen LogP contribution in [-0.2, 0) is 0 Å². The van der Waals surface area contributed by atoms with Gasteiger partial charge in [0.15, 0.2) is 0 Å². The van der Waals surface area contributed by atoms with Crippen molar-refractivity contribution < 1.29 is 14.4 Å². The number of benzene rings is 1. The highest BCUT2D eigenvalue weighted by Crippen LogP contribution is 2.26. The molecule has 5 nitrogen and oxygen atoms in total. The van der Waals surface area contributed by atoms with Crippen LogP contribution in [0.2, 0.25) is 0 Å². The molecule has 78 valence electrons. The van der Waals surface area contributed by atoms with E-state index in [4.69, 9.17) is 4.42 Å². The van der Waals surface area contributed by atoms with Gasteiger partial charge in [0.05, 0.1) is 4.92 Å². The van der Waals surface area contributed by atoms with Crippen LogP contribution in [0.15, 0.2) is 28.7 Å². The predicted molar refractivity (Wildman–Crippen MR) is 53.5 cm³/mol. The third-order valence-corrected chi connectivity index (χ3v) is 2.14. The van der Waals surface area contributed by atoms with Crippen LogP contribution in [0.4, 0.5) is 5.69 Å². The first-order valence-electron chi connectivity index (χ1n) is 4.44. The molecular weight excluding hydrogens is 198 g/mol. The summed E-state index contributed by atoms with van der Waals surface area (Å²) in [5.41, 5.74) is 0.553. The smallest absolute Gasteiger partial charge is 0.270 e. The molecule has 1 aromatic heterocycles. The maximum Gasteiger partial charge on any atom is 0.270 e. The monoisotopic (exact) mass is 207 g/mol. The summed E-state index contributed by atoms with van der Waals surface area (Å²) in [7, 11) is 0. The summed E-state index contributed by atoms with van der Waals surface area (Å²) in [5.74, 6) is 0.408. The summed E-state index contributed by atoms with van der Waals surface area (Å²) < 4.78 is 5.29. The SMILES string of the molecule is CC(O)c1cc2cc([N+](=O)[O-])ccc2o1. The highest BCUT2D eigenvalue weighted by Gasteiger charge is 2.12. The number of non-ortho nitro benzene ring substituents is 1. The number of nitro groups is 1. The van der Waals surface area contributed by atoms with Crippen molar-refractivity contribution in [3.05, 3.63) is 40.1 Å². The van der Waals surface area contributed by atoms with E-state index in [1.54, 1.807) is 13.0 Å². The van der Waals surface area contributed by atoms with E-state index >= 15 is 0 Å². The number of nitro benzene ring substituents is 1. The van der Waals surface area contributed by atoms with Crippen LogP contribution >= 0.6 is 0 Å². The Labute approximate surface area is 85.1 Å². The van der Waals surface area contributed by atoms with Gasteiger partial charge in [-0.05, 0) is 19.1 Å². The lowest BCUT2D eigenvalue weighted by molar-refractivity contribution is -0.384. The number of hydrogen-bond acceptors (Lipinski definition) is 4. The van der Waals surface area contributed by atoms with Crippen molar-refractivity contribution in [3.63, 3.8) is 0 Å². The summed E-state index contributed by atoms with van der Waals surface area (Å²) in [4.78, 5) is 10.0. The van der Waals surface area contributed by atoms with E-state index in [9.17, 15) is 15.2 Å². The fourth-order valence-electron chi connectivity index (χ4n) is 1.37. The summed E-state index contributed by atoms with van der Waals surface area (Å²) in [6.45, 7) is 1.58. The molecule has 0 saturated carbocycles. The molecule has 0 bridgehead atoms. The third-order valence-electron chi connectivity index (χ3n) is 2.14. The number of aliphatic hydroxyl groups is 1. The number of furan rings is 1. The molecule has 0 aliphatic carbocycles. The second kappa shape index (κ2) is 3.36. The zero-order chi connectivity index (χ0) is 11.0. The summed E-state index contributed by atoms with van der Waals surface area (Å²) in [6.07, 6.45) is -0.712. The molecule has 2 aromatic rings. The highest BCUT2D eigenvalue weighted by molar-refractivity contribution is 5.80. The van der Waals surface area contributed by atoms with Gasteiger partial charge in [0.1, 0.15) is 17.4 Å². The first-order valence-corrected chi connectivity index (χ1v) is 4.44. The van der Waals surface area contributed by atoms with Gasteiger partial charge in [-0.3, -0.25) is 10.1 Å². The molecule has 0 aliphatic heterocycles. The van der Waals surface area contributed by atoms with Crippen LogP contribution in [-0.4, -0.2) is 10.0 Å². The maximum atomic E-state index is 10.5. The van der Waals surface area contributed by atoms with Gasteiger partial charge in [0, 0.05) is 17.5 Å². The van der Waals surface area contributed by atoms with Gasteiger partial charge in [0.2, 0.25) is 0 Å². The van der Waals surface area contributed by atoms with E-state index in [1.807, 2.05) is 0 Å². The molecule has 0 aliphatic rings. The first kappa shape index (κ1) is 9.67. The fourth-order valence-corrected chi connectivity index (χ4v) is 1.37. The van der Waals surface area contributed by atoms with Crippen molar-refractivity contribution in [1.82, 2.24) is 0 Å². The zero-order valence-corrected chi connectivity index (χ0v) is 8.01. The highest BCUT2D eigenvalue weighted by atomic mass is 16.6. The summed E-state index contributed by atoms with van der Waals surface area (Å²) in [6, 6.07) is 5.93. The maximum absolute atomic E-state index is 10.5. The van der Waals surface area contributed by atoms with Crippen LogP contribution < -0.4 is 0 Å². The number of rotatable bonds is 2. The molecule has 0 fully saturated rings. The van der Waals surface area contributed by atoms with Gasteiger partial charge in [-0.1, -0.05) is 0 Å². The normalized spacial score (nSPS) is 12.9. The number of fused-ring (bicyclic) bond motifs is 1. The van der Waals surface area contributed by atoms with E-state index in [0.717, 1.165) is 0 Å². The van der Waals surface area contributed by atoms with Gasteiger partial charge < -0.3 is 9.52 Å². The molecule has 1 heterocycles. The molecule has 0 radical (unpaired) electrons. The average Bonchev–Trinajstić information content (AvgIpc) is 2.59. The molecule has 0 saturated heterocycles. The van der Waals surface area contributed by atoms with Crippen LogP contribution in [0.3, 0.4) is 0 Å². The molecular formula is C10H9NO4. The van der Waals surface area contributed by atoms with E-state index < -0.39 is 11.0 Å². The Morgan fingerprint density at radius 1 is 1.47 bits per heavy atom.